The molecule has 2 rings (SSSR count). The molecule has 1 N–H and O–H groups in total. The minimum Gasteiger partial charge on any atom is -0.376 e. The van der Waals surface area contributed by atoms with Crippen LogP contribution in [0.5, 0.6) is 0 Å². The molecule has 1 atom stereocenters. The Hall–Kier alpha value is -0.170. The van der Waals surface area contributed by atoms with Gasteiger partial charge >= 0.3 is 0 Å². The Bertz CT molecular complexity index is 312. The summed E-state index contributed by atoms with van der Waals surface area (Å²) >= 11 is 0. The van der Waals surface area contributed by atoms with Crippen molar-refractivity contribution in [1.82, 2.24) is 9.62 Å². The number of nitrogens with one attached hydrogen (secondary N) is 1. The largest absolute Gasteiger partial charge is 0.376 e. The van der Waals surface area contributed by atoms with E-state index in [9.17, 15) is 8.42 Å². The maximum absolute atomic E-state index is 11.7. The van der Waals surface area contributed by atoms with Crippen LogP contribution >= 0.6 is 0 Å². The molecule has 0 amide bonds. The fourth-order valence-corrected chi connectivity index (χ4v) is 3.80. The molecule has 0 radical (unpaired) electrons. The topological polar surface area (TPSA) is 58.6 Å². The fourth-order valence-electron chi connectivity index (χ4n) is 2.18. The molecule has 2 saturated heterocycles. The molecule has 6 heteroatoms. The van der Waals surface area contributed by atoms with Gasteiger partial charge in [-0.25, -0.2) is 12.7 Å². The van der Waals surface area contributed by atoms with Gasteiger partial charge in [-0.1, -0.05) is 0 Å². The third-order valence-electron chi connectivity index (χ3n) is 3.16. The van der Waals surface area contributed by atoms with E-state index in [4.69, 9.17) is 4.74 Å². The van der Waals surface area contributed by atoms with Gasteiger partial charge in [-0.3, -0.25) is 0 Å². The Balaban J connectivity index is 1.79. The average molecular weight is 248 g/mol. The monoisotopic (exact) mass is 248 g/mol. The van der Waals surface area contributed by atoms with Crippen molar-refractivity contribution < 1.29 is 13.2 Å². The summed E-state index contributed by atoms with van der Waals surface area (Å²) in [5.74, 6) is 0.316. The first-order chi connectivity index (χ1) is 7.68. The minimum absolute atomic E-state index is 0.172. The first-order valence-electron chi connectivity index (χ1n) is 5.99. The first-order valence-corrected chi connectivity index (χ1v) is 7.59. The van der Waals surface area contributed by atoms with Crippen LogP contribution in [0.25, 0.3) is 0 Å². The molecular formula is C10H20N2O3S. The lowest BCUT2D eigenvalue weighted by Crippen LogP contribution is -2.43. The van der Waals surface area contributed by atoms with Crippen molar-refractivity contribution in [2.24, 2.45) is 0 Å². The summed E-state index contributed by atoms with van der Waals surface area (Å²) in [4.78, 5) is 0. The summed E-state index contributed by atoms with van der Waals surface area (Å²) in [7, 11) is -2.97. The average Bonchev–Trinajstić information content (AvgIpc) is 2.28. The molecule has 0 aliphatic carbocycles. The van der Waals surface area contributed by atoms with Crippen LogP contribution in [0, 0.1) is 0 Å². The van der Waals surface area contributed by atoms with Gasteiger partial charge in [0, 0.05) is 26.2 Å². The molecule has 2 heterocycles. The number of hydrogen-bond acceptors (Lipinski definition) is 4. The van der Waals surface area contributed by atoms with Crippen molar-refractivity contribution in [3.8, 4) is 0 Å². The third kappa shape index (κ3) is 3.16. The van der Waals surface area contributed by atoms with Crippen molar-refractivity contribution in [1.29, 1.82) is 0 Å². The van der Waals surface area contributed by atoms with Gasteiger partial charge in [-0.15, -0.1) is 0 Å². The zero-order valence-corrected chi connectivity index (χ0v) is 10.3. The van der Waals surface area contributed by atoms with Crippen LogP contribution in [0.2, 0.25) is 0 Å². The molecule has 0 aromatic carbocycles. The Morgan fingerprint density at radius 2 is 2.25 bits per heavy atom. The van der Waals surface area contributed by atoms with Gasteiger partial charge < -0.3 is 10.1 Å². The number of ether oxygens (including phenoxy) is 1. The summed E-state index contributed by atoms with van der Waals surface area (Å²) in [5, 5.41) is 3.25. The normalized spacial score (nSPS) is 31.4. The number of sulfonamides is 1. The molecule has 2 fully saturated rings. The number of nitrogens with zero attached hydrogens (tertiary/aromatic N) is 1. The van der Waals surface area contributed by atoms with Crippen molar-refractivity contribution in [3.05, 3.63) is 0 Å². The maximum atomic E-state index is 11.7. The maximum Gasteiger partial charge on any atom is 0.214 e. The summed E-state index contributed by atoms with van der Waals surface area (Å²) in [6.45, 7) is 3.76. The van der Waals surface area contributed by atoms with Crippen LogP contribution < -0.4 is 5.32 Å². The lowest BCUT2D eigenvalue weighted by molar-refractivity contribution is 0.0209. The van der Waals surface area contributed by atoms with E-state index in [1.54, 1.807) is 4.31 Å². The molecule has 0 saturated carbocycles. The Kier molecular flexibility index (Phi) is 4.18. The standard InChI is InChI=1S/C10H20N2O3S/c13-16(14)8-2-1-5-12(16)6-3-10-9-11-4-7-15-10/h10-11H,1-9H2. The van der Waals surface area contributed by atoms with E-state index in [0.29, 0.717) is 18.8 Å². The first kappa shape index (κ1) is 12.3. The zero-order valence-electron chi connectivity index (χ0n) is 9.52. The van der Waals surface area contributed by atoms with Gasteiger partial charge in [0.05, 0.1) is 18.5 Å². The quantitative estimate of drug-likeness (QED) is 0.751. The van der Waals surface area contributed by atoms with Gasteiger partial charge in [-0.05, 0) is 19.3 Å². The number of hydrogen-bond donors (Lipinski definition) is 1. The summed E-state index contributed by atoms with van der Waals surface area (Å²) in [5.41, 5.74) is 0. The van der Waals surface area contributed by atoms with E-state index in [1.807, 2.05) is 0 Å². The van der Waals surface area contributed by atoms with Crippen LogP contribution in [0.3, 0.4) is 0 Å². The summed E-state index contributed by atoms with van der Waals surface area (Å²) in [6.07, 6.45) is 2.76. The smallest absolute Gasteiger partial charge is 0.214 e. The van der Waals surface area contributed by atoms with Crippen LogP contribution in [0.4, 0.5) is 0 Å². The third-order valence-corrected chi connectivity index (χ3v) is 5.11. The Morgan fingerprint density at radius 1 is 1.38 bits per heavy atom. The van der Waals surface area contributed by atoms with Gasteiger partial charge in [0.2, 0.25) is 10.0 Å². The molecule has 5 nitrogen and oxygen atoms in total. The second-order valence-corrected chi connectivity index (χ2v) is 6.50. The van der Waals surface area contributed by atoms with Crippen LogP contribution in [0.15, 0.2) is 0 Å². The van der Waals surface area contributed by atoms with E-state index >= 15 is 0 Å². The lowest BCUT2D eigenvalue weighted by Gasteiger charge is -2.29. The van der Waals surface area contributed by atoms with Crippen molar-refractivity contribution in [3.63, 3.8) is 0 Å². The molecule has 0 aromatic rings. The second kappa shape index (κ2) is 5.44. The molecule has 1 unspecified atom stereocenters. The number of morpholine rings is 1. The zero-order chi connectivity index (χ0) is 11.4. The van der Waals surface area contributed by atoms with Crippen LogP contribution in [0.1, 0.15) is 19.3 Å². The van der Waals surface area contributed by atoms with E-state index in [1.165, 1.54) is 0 Å². The molecule has 16 heavy (non-hydrogen) atoms. The predicted molar refractivity (Wildman–Crippen MR) is 61.8 cm³/mol. The van der Waals surface area contributed by atoms with Crippen molar-refractivity contribution in [2.75, 3.05) is 38.5 Å². The highest BCUT2D eigenvalue weighted by Gasteiger charge is 2.26. The van der Waals surface area contributed by atoms with Crippen LogP contribution in [-0.2, 0) is 14.8 Å². The van der Waals surface area contributed by atoms with Gasteiger partial charge in [0.25, 0.3) is 0 Å². The molecule has 2 aliphatic rings. The van der Waals surface area contributed by atoms with Crippen molar-refractivity contribution >= 4 is 10.0 Å². The Morgan fingerprint density at radius 3 is 2.94 bits per heavy atom. The summed E-state index contributed by atoms with van der Waals surface area (Å²) < 4.78 is 30.6. The summed E-state index contributed by atoms with van der Waals surface area (Å²) in [6, 6.07) is 0. The highest BCUT2D eigenvalue weighted by Crippen LogP contribution is 2.15. The van der Waals surface area contributed by atoms with Crippen molar-refractivity contribution in [2.45, 2.75) is 25.4 Å². The predicted octanol–water partition coefficient (Wildman–Crippen LogP) is -0.209. The van der Waals surface area contributed by atoms with E-state index in [-0.39, 0.29) is 6.10 Å². The highest BCUT2D eigenvalue weighted by atomic mass is 32.2. The highest BCUT2D eigenvalue weighted by molar-refractivity contribution is 7.89. The fraction of sp³-hybridized carbons (Fsp3) is 1.00. The van der Waals surface area contributed by atoms with Crippen LogP contribution in [-0.4, -0.2) is 57.4 Å². The molecule has 94 valence electrons. The molecule has 2 aliphatic heterocycles. The molecule has 0 spiro atoms. The van der Waals surface area contributed by atoms with Gasteiger partial charge in [0.15, 0.2) is 0 Å². The molecule has 0 aromatic heterocycles. The van der Waals surface area contributed by atoms with E-state index in [2.05, 4.69) is 5.32 Å². The Labute approximate surface area is 97.2 Å². The number of rotatable bonds is 3. The SMILES string of the molecule is O=S1(=O)CCCCN1CCC1CNCCO1. The van der Waals surface area contributed by atoms with E-state index in [0.717, 1.165) is 39.0 Å². The minimum atomic E-state index is -2.97. The van der Waals surface area contributed by atoms with E-state index < -0.39 is 10.0 Å². The second-order valence-electron chi connectivity index (χ2n) is 4.41. The van der Waals surface area contributed by atoms with Gasteiger partial charge in [-0.2, -0.15) is 0 Å². The van der Waals surface area contributed by atoms with Gasteiger partial charge in [0.1, 0.15) is 0 Å². The lowest BCUT2D eigenvalue weighted by atomic mass is 10.2. The molecular weight excluding hydrogens is 228 g/mol. The molecule has 0 bridgehead atoms.